The van der Waals surface area contributed by atoms with Gasteiger partial charge in [-0.15, -0.1) is 28.1 Å². The van der Waals surface area contributed by atoms with Crippen molar-refractivity contribution in [2.75, 3.05) is 17.7 Å². The highest BCUT2D eigenvalue weighted by atomic mass is 32.2. The quantitative estimate of drug-likeness (QED) is 0.285. The molecule has 0 aliphatic heterocycles. The molecule has 1 N–H and O–H groups in total. The Kier molecular flexibility index (Phi) is 7.64. The maximum atomic E-state index is 12.6. The average molecular weight is 457 g/mol. The Balaban J connectivity index is 1.72. The molecule has 0 saturated heterocycles. The molecule has 2 aromatic heterocycles. The number of nitrogens with zero attached hydrogens (tertiary/aromatic N) is 3. The summed E-state index contributed by atoms with van der Waals surface area (Å²) in [7, 11) is 0. The van der Waals surface area contributed by atoms with Gasteiger partial charge in [0, 0.05) is 17.0 Å². The van der Waals surface area contributed by atoms with Crippen molar-refractivity contribution in [1.29, 1.82) is 0 Å². The van der Waals surface area contributed by atoms with Crippen LogP contribution < -0.4 is 5.32 Å². The SMILES string of the molecule is C=CCn1c(SCC(=O)Nc2sc(C)cc2C(=O)OCC)nnc1-c1cccc(C)c1. The van der Waals surface area contributed by atoms with Gasteiger partial charge in [0.2, 0.25) is 5.91 Å². The van der Waals surface area contributed by atoms with Crippen LogP contribution in [0, 0.1) is 13.8 Å². The molecule has 0 radical (unpaired) electrons. The summed E-state index contributed by atoms with van der Waals surface area (Å²) in [5.74, 6) is 0.179. The lowest BCUT2D eigenvalue weighted by molar-refractivity contribution is -0.113. The normalized spacial score (nSPS) is 10.7. The minimum Gasteiger partial charge on any atom is -0.462 e. The second-order valence-corrected chi connectivity index (χ2v) is 8.93. The highest BCUT2D eigenvalue weighted by Gasteiger charge is 2.19. The minimum atomic E-state index is -0.441. The molecule has 0 aliphatic carbocycles. The van der Waals surface area contributed by atoms with Gasteiger partial charge in [0.15, 0.2) is 11.0 Å². The van der Waals surface area contributed by atoms with E-state index in [0.717, 1.165) is 21.8 Å². The van der Waals surface area contributed by atoms with E-state index in [2.05, 4.69) is 22.1 Å². The number of nitrogens with one attached hydrogen (secondary N) is 1. The number of aromatic nitrogens is 3. The van der Waals surface area contributed by atoms with E-state index in [0.29, 0.717) is 22.3 Å². The summed E-state index contributed by atoms with van der Waals surface area (Å²) in [5.41, 5.74) is 2.46. The standard InChI is InChI=1S/C22H24N4O3S2/c1-5-10-26-19(16-9-7-8-14(3)11-16)24-25-22(26)30-13-18(27)23-20-17(12-15(4)31-20)21(28)29-6-2/h5,7-9,11-12H,1,6,10,13H2,2-4H3,(H,23,27). The van der Waals surface area contributed by atoms with Crippen LogP contribution in [0.1, 0.15) is 27.7 Å². The van der Waals surface area contributed by atoms with Gasteiger partial charge in [-0.1, -0.05) is 41.6 Å². The van der Waals surface area contributed by atoms with Crippen molar-refractivity contribution >= 4 is 40.0 Å². The van der Waals surface area contributed by atoms with Gasteiger partial charge < -0.3 is 10.1 Å². The first-order valence-corrected chi connectivity index (χ1v) is 11.5. The van der Waals surface area contributed by atoms with E-state index < -0.39 is 5.97 Å². The molecule has 3 rings (SSSR count). The van der Waals surface area contributed by atoms with Crippen LogP contribution in [0.3, 0.4) is 0 Å². The van der Waals surface area contributed by atoms with E-state index >= 15 is 0 Å². The number of carbonyl (C=O) groups excluding carboxylic acids is 2. The number of aryl methyl sites for hydroxylation is 2. The number of carbonyl (C=O) groups is 2. The molecule has 0 unspecified atom stereocenters. The van der Waals surface area contributed by atoms with E-state index in [1.165, 1.54) is 23.1 Å². The number of amides is 1. The molecule has 0 aliphatic rings. The van der Waals surface area contributed by atoms with E-state index in [9.17, 15) is 9.59 Å². The lowest BCUT2D eigenvalue weighted by Crippen LogP contribution is -2.16. The zero-order valence-corrected chi connectivity index (χ0v) is 19.3. The Bertz CT molecular complexity index is 1100. The Morgan fingerprint density at radius 3 is 2.81 bits per heavy atom. The van der Waals surface area contributed by atoms with Gasteiger partial charge in [-0.2, -0.15) is 0 Å². The smallest absolute Gasteiger partial charge is 0.341 e. The summed E-state index contributed by atoms with van der Waals surface area (Å²) in [4.78, 5) is 25.6. The Morgan fingerprint density at radius 1 is 1.29 bits per heavy atom. The summed E-state index contributed by atoms with van der Waals surface area (Å²) in [6.45, 7) is 10.3. The van der Waals surface area contributed by atoms with Crippen LogP contribution in [0.2, 0.25) is 0 Å². The summed E-state index contributed by atoms with van der Waals surface area (Å²) in [5, 5.41) is 12.5. The first-order chi connectivity index (χ1) is 14.9. The highest BCUT2D eigenvalue weighted by Crippen LogP contribution is 2.29. The largest absolute Gasteiger partial charge is 0.462 e. The number of allylic oxidation sites excluding steroid dienone is 1. The molecule has 0 fully saturated rings. The molecule has 1 aromatic carbocycles. The summed E-state index contributed by atoms with van der Waals surface area (Å²) in [6, 6.07) is 9.74. The van der Waals surface area contributed by atoms with Gasteiger partial charge >= 0.3 is 5.97 Å². The first kappa shape index (κ1) is 22.8. The van der Waals surface area contributed by atoms with Crippen molar-refractivity contribution in [2.24, 2.45) is 0 Å². The molecule has 0 atom stereocenters. The number of ether oxygens (including phenoxy) is 1. The van der Waals surface area contributed by atoms with Crippen molar-refractivity contribution in [2.45, 2.75) is 32.5 Å². The van der Waals surface area contributed by atoms with Crippen LogP contribution in [0.25, 0.3) is 11.4 Å². The Morgan fingerprint density at radius 2 is 2.10 bits per heavy atom. The average Bonchev–Trinajstić information content (AvgIpc) is 3.30. The third-order valence-corrected chi connectivity index (χ3v) is 6.17. The van der Waals surface area contributed by atoms with Crippen LogP contribution in [0.15, 0.2) is 48.1 Å². The number of thiophene rings is 1. The fourth-order valence-corrected chi connectivity index (χ4v) is 4.61. The number of thioether (sulfide) groups is 1. The predicted molar refractivity (Wildman–Crippen MR) is 125 cm³/mol. The number of hydrogen-bond acceptors (Lipinski definition) is 7. The molecule has 9 heteroatoms. The van der Waals surface area contributed by atoms with Gasteiger partial charge in [-0.25, -0.2) is 4.79 Å². The van der Waals surface area contributed by atoms with Crippen LogP contribution in [-0.2, 0) is 16.1 Å². The number of anilines is 1. The van der Waals surface area contributed by atoms with Gasteiger partial charge in [0.1, 0.15) is 5.00 Å². The highest BCUT2D eigenvalue weighted by molar-refractivity contribution is 7.99. The zero-order chi connectivity index (χ0) is 22.4. The zero-order valence-electron chi connectivity index (χ0n) is 17.7. The summed E-state index contributed by atoms with van der Waals surface area (Å²) >= 11 is 2.63. The van der Waals surface area contributed by atoms with Crippen LogP contribution in [0.5, 0.6) is 0 Å². The third-order valence-electron chi connectivity index (χ3n) is 4.24. The number of rotatable bonds is 9. The minimum absolute atomic E-state index is 0.127. The predicted octanol–water partition coefficient (Wildman–Crippen LogP) is 4.72. The summed E-state index contributed by atoms with van der Waals surface area (Å²) in [6.07, 6.45) is 1.77. The second-order valence-electron chi connectivity index (χ2n) is 6.73. The lowest BCUT2D eigenvalue weighted by Gasteiger charge is -2.09. The van der Waals surface area contributed by atoms with Gasteiger partial charge in [0.25, 0.3) is 0 Å². The molecule has 0 spiro atoms. The molecule has 1 amide bonds. The van der Waals surface area contributed by atoms with Gasteiger partial charge in [-0.3, -0.25) is 9.36 Å². The number of esters is 1. The van der Waals surface area contributed by atoms with Crippen molar-refractivity contribution in [3.05, 3.63) is 59.0 Å². The van der Waals surface area contributed by atoms with Crippen LogP contribution in [-0.4, -0.2) is 39.0 Å². The Labute approximate surface area is 189 Å². The van der Waals surface area contributed by atoms with E-state index in [1.807, 2.05) is 42.7 Å². The van der Waals surface area contributed by atoms with Gasteiger partial charge in [0.05, 0.1) is 17.9 Å². The lowest BCUT2D eigenvalue weighted by atomic mass is 10.1. The van der Waals surface area contributed by atoms with E-state index in [4.69, 9.17) is 4.74 Å². The van der Waals surface area contributed by atoms with Crippen molar-refractivity contribution in [3.8, 4) is 11.4 Å². The van der Waals surface area contributed by atoms with E-state index in [-0.39, 0.29) is 18.3 Å². The van der Waals surface area contributed by atoms with Crippen LogP contribution in [0.4, 0.5) is 5.00 Å². The fourth-order valence-electron chi connectivity index (χ4n) is 2.95. The second kappa shape index (κ2) is 10.4. The van der Waals surface area contributed by atoms with E-state index in [1.54, 1.807) is 19.1 Å². The monoisotopic (exact) mass is 456 g/mol. The maximum Gasteiger partial charge on any atom is 0.341 e. The molecular weight excluding hydrogens is 432 g/mol. The van der Waals surface area contributed by atoms with Crippen LogP contribution >= 0.6 is 23.1 Å². The molecular formula is C22H24N4O3S2. The Hall–Kier alpha value is -2.91. The molecule has 31 heavy (non-hydrogen) atoms. The third kappa shape index (κ3) is 5.62. The topological polar surface area (TPSA) is 86.1 Å². The fraction of sp³-hybridized carbons (Fsp3) is 0.273. The summed E-state index contributed by atoms with van der Waals surface area (Å²) < 4.78 is 7.00. The molecule has 0 saturated carbocycles. The van der Waals surface area contributed by atoms with Gasteiger partial charge in [-0.05, 0) is 32.9 Å². The maximum absolute atomic E-state index is 12.6. The molecule has 2 heterocycles. The molecule has 7 nitrogen and oxygen atoms in total. The molecule has 162 valence electrons. The number of hydrogen-bond donors (Lipinski definition) is 1. The molecule has 3 aromatic rings. The van der Waals surface area contributed by atoms with Crippen molar-refractivity contribution in [3.63, 3.8) is 0 Å². The van der Waals surface area contributed by atoms with Crippen molar-refractivity contribution < 1.29 is 14.3 Å². The van der Waals surface area contributed by atoms with Crippen molar-refractivity contribution in [1.82, 2.24) is 14.8 Å². The molecule has 0 bridgehead atoms. The number of benzene rings is 1. The first-order valence-electron chi connectivity index (χ1n) is 9.74.